The van der Waals surface area contributed by atoms with Crippen molar-refractivity contribution in [3.05, 3.63) is 79.9 Å². The summed E-state index contributed by atoms with van der Waals surface area (Å²) in [7, 11) is 0. The Hall–Kier alpha value is -4.99. The number of nitrogens with one attached hydrogen (secondary N) is 1. The first-order valence-corrected chi connectivity index (χ1v) is 12.1. The van der Waals surface area contributed by atoms with Crippen molar-refractivity contribution < 1.29 is 38.8 Å². The second kappa shape index (κ2) is 13.7. The van der Waals surface area contributed by atoms with Crippen molar-refractivity contribution in [2.45, 2.75) is 31.8 Å². The highest BCUT2D eigenvalue weighted by atomic mass is 16.6. The number of nitro benzene ring substituents is 2. The molecule has 2 aromatic rings. The van der Waals surface area contributed by atoms with Gasteiger partial charge in [-0.1, -0.05) is 0 Å². The molecule has 1 aliphatic rings. The number of nitrogens with two attached hydrogens (primary N) is 1. The number of carbonyl (C=O) groups excluding carboxylic acids is 3. The maximum absolute atomic E-state index is 12.9. The molecule has 40 heavy (non-hydrogen) atoms. The Labute approximate surface area is 227 Å². The second-order valence-electron chi connectivity index (χ2n) is 8.89. The largest absolute Gasteiger partial charge is 0.445 e. The molecule has 0 radical (unpaired) electrons. The van der Waals surface area contributed by atoms with E-state index in [1.54, 1.807) is 0 Å². The lowest BCUT2D eigenvalue weighted by atomic mass is 10.2. The predicted octanol–water partition coefficient (Wildman–Crippen LogP) is 1.88. The molecule has 3 rings (SSSR count). The van der Waals surface area contributed by atoms with Crippen LogP contribution in [0.25, 0.3) is 0 Å². The minimum atomic E-state index is -0.876. The van der Waals surface area contributed by atoms with Crippen LogP contribution in [0, 0.1) is 20.2 Å². The van der Waals surface area contributed by atoms with Crippen LogP contribution in [-0.4, -0.2) is 81.3 Å². The molecule has 0 aliphatic carbocycles. The van der Waals surface area contributed by atoms with E-state index in [0.29, 0.717) is 11.1 Å². The molecular weight excluding hydrogens is 532 g/mol. The zero-order valence-electron chi connectivity index (χ0n) is 21.2. The van der Waals surface area contributed by atoms with Gasteiger partial charge in [-0.25, -0.2) is 14.4 Å². The van der Waals surface area contributed by atoms with E-state index in [0.717, 1.165) is 0 Å². The maximum atomic E-state index is 12.9. The minimum absolute atomic E-state index is 0.0121. The molecule has 16 nitrogen and oxygen atoms in total. The highest BCUT2D eigenvalue weighted by molar-refractivity contribution is 5.72. The van der Waals surface area contributed by atoms with Gasteiger partial charge in [0.25, 0.3) is 11.4 Å². The molecule has 1 saturated heterocycles. The Morgan fingerprint density at radius 2 is 1.50 bits per heavy atom. The van der Waals surface area contributed by atoms with Crippen LogP contribution in [0.2, 0.25) is 0 Å². The Morgan fingerprint density at radius 1 is 0.975 bits per heavy atom. The normalized spacial score (nSPS) is 16.2. The molecule has 2 aromatic carbocycles. The van der Waals surface area contributed by atoms with Crippen LogP contribution in [0.15, 0.2) is 48.5 Å². The van der Waals surface area contributed by atoms with E-state index < -0.39 is 40.2 Å². The zero-order valence-corrected chi connectivity index (χ0v) is 21.2. The summed E-state index contributed by atoms with van der Waals surface area (Å²) in [6, 6.07) is 9.47. The molecule has 0 spiro atoms. The van der Waals surface area contributed by atoms with Crippen molar-refractivity contribution in [1.82, 2.24) is 15.1 Å². The van der Waals surface area contributed by atoms with E-state index in [-0.39, 0.29) is 57.2 Å². The van der Waals surface area contributed by atoms with Gasteiger partial charge in [0, 0.05) is 43.9 Å². The fraction of sp³-hybridized carbons (Fsp3) is 0.375. The molecule has 4 amide bonds. The van der Waals surface area contributed by atoms with Gasteiger partial charge in [0.15, 0.2) is 0 Å². The fourth-order valence-electron chi connectivity index (χ4n) is 4.01. The first-order chi connectivity index (χ1) is 19.0. The number of β-amino-alcohol motifs (C(OH)–C–C–N with tert-alkyl or cyclic N) is 1. The number of primary amides is 1. The van der Waals surface area contributed by atoms with Gasteiger partial charge in [0.05, 0.1) is 28.5 Å². The van der Waals surface area contributed by atoms with Gasteiger partial charge in [-0.05, 0) is 41.8 Å². The Kier molecular flexibility index (Phi) is 10.1. The lowest BCUT2D eigenvalue weighted by molar-refractivity contribution is -0.385. The standard InChI is InChI=1S/C24H28N6O10/c25-22(32)26-9-10-27(23(33)39-14-16-1-5-18(6-2-16)29(35)36)12-20-11-21(31)13-28(20)24(34)40-15-17-3-7-19(8-4-17)30(37)38/h1-8,20-21,31H,9-15H2,(H3,25,26,32)/t20-,21+/m0/s1. The molecule has 0 unspecified atom stereocenters. The summed E-state index contributed by atoms with van der Waals surface area (Å²) in [4.78, 5) is 59.9. The smallest absolute Gasteiger partial charge is 0.410 e. The number of nitro groups is 2. The number of benzene rings is 2. The summed E-state index contributed by atoms with van der Waals surface area (Å²) in [5.74, 6) is 0. The van der Waals surface area contributed by atoms with Gasteiger partial charge in [0.2, 0.25) is 0 Å². The molecule has 214 valence electrons. The number of ether oxygens (including phenoxy) is 2. The van der Waals surface area contributed by atoms with Gasteiger partial charge in [-0.3, -0.25) is 20.2 Å². The van der Waals surface area contributed by atoms with Gasteiger partial charge < -0.3 is 35.4 Å². The molecule has 4 N–H and O–H groups in total. The highest BCUT2D eigenvalue weighted by Gasteiger charge is 2.37. The van der Waals surface area contributed by atoms with Gasteiger partial charge >= 0.3 is 18.2 Å². The number of amides is 4. The molecule has 0 aromatic heterocycles. The summed E-state index contributed by atoms with van der Waals surface area (Å²) in [6.45, 7) is -0.509. The SMILES string of the molecule is NC(=O)NCCN(C[C@@H]1C[C@@H](O)CN1C(=O)OCc1ccc([N+](=O)[O-])cc1)C(=O)OCc1ccc([N+](=O)[O-])cc1. The Balaban J connectivity index is 1.63. The minimum Gasteiger partial charge on any atom is -0.445 e. The van der Waals surface area contributed by atoms with Crippen molar-refractivity contribution in [1.29, 1.82) is 0 Å². The molecule has 0 bridgehead atoms. The van der Waals surface area contributed by atoms with E-state index in [1.807, 2.05) is 0 Å². The summed E-state index contributed by atoms with van der Waals surface area (Å²) in [6.07, 6.45) is -2.28. The molecule has 1 aliphatic heterocycles. The third-order valence-corrected chi connectivity index (χ3v) is 6.02. The molecule has 1 fully saturated rings. The van der Waals surface area contributed by atoms with Gasteiger partial charge in [-0.15, -0.1) is 0 Å². The van der Waals surface area contributed by atoms with Gasteiger partial charge in [-0.2, -0.15) is 0 Å². The van der Waals surface area contributed by atoms with Crippen molar-refractivity contribution in [3.63, 3.8) is 0 Å². The number of rotatable bonds is 11. The number of non-ortho nitro benzene ring substituents is 2. The number of aliphatic hydroxyl groups is 1. The second-order valence-corrected chi connectivity index (χ2v) is 8.89. The summed E-state index contributed by atoms with van der Waals surface area (Å²) < 4.78 is 10.7. The average molecular weight is 561 g/mol. The lowest BCUT2D eigenvalue weighted by Gasteiger charge is -2.30. The first-order valence-electron chi connectivity index (χ1n) is 12.1. The van der Waals surface area contributed by atoms with Crippen LogP contribution < -0.4 is 11.1 Å². The van der Waals surface area contributed by atoms with E-state index in [1.165, 1.54) is 58.3 Å². The third-order valence-electron chi connectivity index (χ3n) is 6.02. The first kappa shape index (κ1) is 29.6. The third kappa shape index (κ3) is 8.52. The number of likely N-dealkylation sites (tertiary alicyclic amines) is 1. The van der Waals surface area contributed by atoms with Crippen LogP contribution in [0.5, 0.6) is 0 Å². The topological polar surface area (TPSA) is 221 Å². The predicted molar refractivity (Wildman–Crippen MR) is 137 cm³/mol. The monoisotopic (exact) mass is 560 g/mol. The van der Waals surface area contributed by atoms with E-state index in [9.17, 15) is 39.7 Å². The Morgan fingerprint density at radius 3 is 2.00 bits per heavy atom. The Bertz CT molecular complexity index is 1220. The fourth-order valence-corrected chi connectivity index (χ4v) is 4.01. The number of nitrogens with zero attached hydrogens (tertiary/aromatic N) is 4. The lowest BCUT2D eigenvalue weighted by Crippen LogP contribution is -2.48. The molecular formula is C24H28N6O10. The van der Waals surface area contributed by atoms with Crippen LogP contribution in [0.4, 0.5) is 25.8 Å². The molecule has 2 atom stereocenters. The molecule has 0 saturated carbocycles. The molecule has 16 heteroatoms. The summed E-state index contributed by atoms with van der Waals surface area (Å²) >= 11 is 0. The number of urea groups is 1. The zero-order chi connectivity index (χ0) is 29.2. The number of hydrogen-bond acceptors (Lipinski definition) is 10. The number of aliphatic hydroxyl groups excluding tert-OH is 1. The van der Waals surface area contributed by atoms with Crippen molar-refractivity contribution >= 4 is 29.6 Å². The summed E-state index contributed by atoms with van der Waals surface area (Å²) in [5.41, 5.74) is 5.90. The number of hydrogen-bond donors (Lipinski definition) is 3. The van der Waals surface area contributed by atoms with Crippen LogP contribution in [0.1, 0.15) is 17.5 Å². The van der Waals surface area contributed by atoms with Crippen LogP contribution in [0.3, 0.4) is 0 Å². The van der Waals surface area contributed by atoms with Crippen molar-refractivity contribution in [2.75, 3.05) is 26.2 Å². The maximum Gasteiger partial charge on any atom is 0.410 e. The van der Waals surface area contributed by atoms with E-state index in [2.05, 4.69) is 5.32 Å². The van der Waals surface area contributed by atoms with E-state index in [4.69, 9.17) is 15.2 Å². The average Bonchev–Trinajstić information content (AvgIpc) is 3.29. The number of carbonyl (C=O) groups is 3. The van der Waals surface area contributed by atoms with Crippen molar-refractivity contribution in [2.24, 2.45) is 5.73 Å². The van der Waals surface area contributed by atoms with Crippen LogP contribution >= 0.6 is 0 Å². The highest BCUT2D eigenvalue weighted by Crippen LogP contribution is 2.22. The summed E-state index contributed by atoms with van der Waals surface area (Å²) in [5, 5.41) is 34.2. The van der Waals surface area contributed by atoms with Crippen LogP contribution in [-0.2, 0) is 22.7 Å². The quantitative estimate of drug-likeness (QED) is 0.267. The van der Waals surface area contributed by atoms with E-state index >= 15 is 0 Å². The van der Waals surface area contributed by atoms with Gasteiger partial charge in [0.1, 0.15) is 13.2 Å². The molecule has 1 heterocycles. The van der Waals surface area contributed by atoms with Crippen molar-refractivity contribution in [3.8, 4) is 0 Å².